The highest BCUT2D eigenvalue weighted by Gasteiger charge is 2.18. The quantitative estimate of drug-likeness (QED) is 0.140. The van der Waals surface area contributed by atoms with Gasteiger partial charge in [0.1, 0.15) is 0 Å². The molecular formula is C26H50O3. The predicted octanol–water partition coefficient (Wildman–Crippen LogP) is 7.73. The van der Waals surface area contributed by atoms with E-state index in [0.29, 0.717) is 12.5 Å². The van der Waals surface area contributed by atoms with E-state index < -0.39 is 0 Å². The van der Waals surface area contributed by atoms with Crippen molar-refractivity contribution in [2.45, 2.75) is 119 Å². The normalized spacial score (nSPS) is 14.0. The Morgan fingerprint density at radius 2 is 1.48 bits per heavy atom. The zero-order valence-electron chi connectivity index (χ0n) is 20.8. The van der Waals surface area contributed by atoms with Crippen LogP contribution in [0.4, 0.5) is 0 Å². The van der Waals surface area contributed by atoms with Crippen LogP contribution in [0.5, 0.6) is 0 Å². The lowest BCUT2D eigenvalue weighted by molar-refractivity contribution is -0.147. The van der Waals surface area contributed by atoms with Crippen molar-refractivity contribution in [3.63, 3.8) is 0 Å². The molecule has 29 heavy (non-hydrogen) atoms. The number of hydrogen-bond acceptors (Lipinski definition) is 3. The van der Waals surface area contributed by atoms with Crippen molar-refractivity contribution in [1.29, 1.82) is 0 Å². The molecule has 0 saturated carbocycles. The molecule has 0 radical (unpaired) electrons. The zero-order valence-corrected chi connectivity index (χ0v) is 20.8. The summed E-state index contributed by atoms with van der Waals surface area (Å²) in [5.74, 6) is 1.27. The number of allylic oxidation sites excluding steroid dienone is 2. The standard InChI is InChI=1S/C26H50O3/c1-21(2)13-11-15-23(5)14-9-10-19-29-26(7,8)18-12-16-24(6)17-20-28-25(27)22(3)4/h13,22-24H,9-12,14-20H2,1-8H3. The van der Waals surface area contributed by atoms with Gasteiger partial charge in [-0.05, 0) is 71.6 Å². The van der Waals surface area contributed by atoms with Crippen molar-refractivity contribution in [1.82, 2.24) is 0 Å². The molecule has 0 aromatic heterocycles. The molecule has 0 N–H and O–H groups in total. The van der Waals surface area contributed by atoms with Gasteiger partial charge in [-0.15, -0.1) is 0 Å². The van der Waals surface area contributed by atoms with Crippen LogP contribution in [0, 0.1) is 17.8 Å². The Hall–Kier alpha value is -0.830. The fourth-order valence-electron chi connectivity index (χ4n) is 3.36. The van der Waals surface area contributed by atoms with Gasteiger partial charge in [0, 0.05) is 6.61 Å². The van der Waals surface area contributed by atoms with E-state index in [0.717, 1.165) is 44.6 Å². The Morgan fingerprint density at radius 1 is 0.862 bits per heavy atom. The molecule has 0 heterocycles. The summed E-state index contributed by atoms with van der Waals surface area (Å²) in [5, 5.41) is 0. The lowest BCUT2D eigenvalue weighted by Crippen LogP contribution is -2.25. The number of carbonyl (C=O) groups is 1. The number of unbranched alkanes of at least 4 members (excludes halogenated alkanes) is 1. The summed E-state index contributed by atoms with van der Waals surface area (Å²) in [5.41, 5.74) is 1.38. The third-order valence-electron chi connectivity index (χ3n) is 5.60. The van der Waals surface area contributed by atoms with Gasteiger partial charge in [-0.1, -0.05) is 65.0 Å². The third-order valence-corrected chi connectivity index (χ3v) is 5.60. The molecule has 0 aliphatic carbocycles. The number of carbonyl (C=O) groups excluding carboxylic acids is 1. The minimum atomic E-state index is -0.0889. The highest BCUT2D eigenvalue weighted by atomic mass is 16.5. The van der Waals surface area contributed by atoms with Crippen LogP contribution in [0.15, 0.2) is 11.6 Å². The SMILES string of the molecule is CC(C)=CCCC(C)CCCCOC(C)(C)CCCC(C)CCOC(=O)C(C)C. The average molecular weight is 411 g/mol. The summed E-state index contributed by atoms with van der Waals surface area (Å²) in [7, 11) is 0. The van der Waals surface area contributed by atoms with Gasteiger partial charge in [-0.25, -0.2) is 0 Å². The molecule has 0 spiro atoms. The monoisotopic (exact) mass is 410 g/mol. The smallest absolute Gasteiger partial charge is 0.308 e. The Kier molecular flexibility index (Phi) is 15.5. The van der Waals surface area contributed by atoms with Gasteiger partial charge in [-0.3, -0.25) is 4.79 Å². The maximum absolute atomic E-state index is 11.5. The van der Waals surface area contributed by atoms with Crippen molar-refractivity contribution in [2.75, 3.05) is 13.2 Å². The highest BCUT2D eigenvalue weighted by molar-refractivity contribution is 5.71. The van der Waals surface area contributed by atoms with Crippen molar-refractivity contribution >= 4 is 5.97 Å². The first-order valence-corrected chi connectivity index (χ1v) is 12.0. The van der Waals surface area contributed by atoms with Gasteiger partial charge in [-0.2, -0.15) is 0 Å². The van der Waals surface area contributed by atoms with Crippen molar-refractivity contribution < 1.29 is 14.3 Å². The van der Waals surface area contributed by atoms with E-state index in [-0.39, 0.29) is 17.5 Å². The molecule has 3 heteroatoms. The second-order valence-electron chi connectivity index (χ2n) is 10.2. The van der Waals surface area contributed by atoms with E-state index in [1.54, 1.807) is 0 Å². The highest BCUT2D eigenvalue weighted by Crippen LogP contribution is 2.22. The Labute approximate surface area is 182 Å². The second-order valence-corrected chi connectivity index (χ2v) is 10.2. The largest absolute Gasteiger partial charge is 0.465 e. The molecule has 172 valence electrons. The van der Waals surface area contributed by atoms with Gasteiger partial charge >= 0.3 is 5.97 Å². The van der Waals surface area contributed by atoms with Crippen LogP contribution in [0.3, 0.4) is 0 Å². The van der Waals surface area contributed by atoms with Crippen LogP contribution in [0.25, 0.3) is 0 Å². The third kappa shape index (κ3) is 17.7. The Bertz CT molecular complexity index is 447. The lowest BCUT2D eigenvalue weighted by Gasteiger charge is -2.26. The summed E-state index contributed by atoms with van der Waals surface area (Å²) in [6.45, 7) is 18.6. The molecule has 0 aliphatic heterocycles. The van der Waals surface area contributed by atoms with Crippen molar-refractivity contribution in [3.8, 4) is 0 Å². The molecule has 2 atom stereocenters. The summed E-state index contributed by atoms with van der Waals surface area (Å²) in [6, 6.07) is 0. The number of hydrogen-bond donors (Lipinski definition) is 0. The number of rotatable bonds is 17. The van der Waals surface area contributed by atoms with Gasteiger partial charge < -0.3 is 9.47 Å². The van der Waals surface area contributed by atoms with Gasteiger partial charge in [0.2, 0.25) is 0 Å². The van der Waals surface area contributed by atoms with E-state index in [1.807, 2.05) is 13.8 Å². The molecule has 3 nitrogen and oxygen atoms in total. The first kappa shape index (κ1) is 28.2. The van der Waals surface area contributed by atoms with Gasteiger partial charge in [0.25, 0.3) is 0 Å². The summed E-state index contributed by atoms with van der Waals surface area (Å²) < 4.78 is 11.4. The molecule has 0 aromatic rings. The lowest BCUT2D eigenvalue weighted by atomic mass is 9.95. The predicted molar refractivity (Wildman–Crippen MR) is 125 cm³/mol. The minimum absolute atomic E-state index is 0.0334. The van der Waals surface area contributed by atoms with Crippen LogP contribution in [0.2, 0.25) is 0 Å². The van der Waals surface area contributed by atoms with E-state index in [4.69, 9.17) is 9.47 Å². The Balaban J connectivity index is 3.75. The van der Waals surface area contributed by atoms with Crippen molar-refractivity contribution in [2.24, 2.45) is 17.8 Å². The summed E-state index contributed by atoms with van der Waals surface area (Å²) >= 11 is 0. The fraction of sp³-hybridized carbons (Fsp3) is 0.885. The van der Waals surface area contributed by atoms with Crippen LogP contribution in [-0.4, -0.2) is 24.8 Å². The molecule has 0 aromatic carbocycles. The molecular weight excluding hydrogens is 360 g/mol. The molecule has 2 unspecified atom stereocenters. The molecule has 0 amide bonds. The van der Waals surface area contributed by atoms with Crippen LogP contribution < -0.4 is 0 Å². The zero-order chi connectivity index (χ0) is 22.3. The average Bonchev–Trinajstić information content (AvgIpc) is 2.60. The van der Waals surface area contributed by atoms with E-state index in [9.17, 15) is 4.79 Å². The molecule has 0 rings (SSSR count). The molecule has 0 bridgehead atoms. The fourth-order valence-corrected chi connectivity index (χ4v) is 3.36. The topological polar surface area (TPSA) is 35.5 Å². The summed E-state index contributed by atoms with van der Waals surface area (Å²) in [6.07, 6.45) is 12.9. The maximum Gasteiger partial charge on any atom is 0.308 e. The first-order chi connectivity index (χ1) is 13.5. The maximum atomic E-state index is 11.5. The molecule has 0 fully saturated rings. The van der Waals surface area contributed by atoms with E-state index >= 15 is 0 Å². The van der Waals surface area contributed by atoms with Gasteiger partial charge in [0.15, 0.2) is 0 Å². The number of ether oxygens (including phenoxy) is 2. The van der Waals surface area contributed by atoms with E-state index in [2.05, 4.69) is 47.6 Å². The Morgan fingerprint density at radius 3 is 2.10 bits per heavy atom. The molecule has 0 aliphatic rings. The summed E-state index contributed by atoms with van der Waals surface area (Å²) in [4.78, 5) is 11.5. The molecule has 0 saturated heterocycles. The van der Waals surface area contributed by atoms with E-state index in [1.165, 1.54) is 31.3 Å². The van der Waals surface area contributed by atoms with Crippen LogP contribution in [-0.2, 0) is 14.3 Å². The van der Waals surface area contributed by atoms with Crippen molar-refractivity contribution in [3.05, 3.63) is 11.6 Å². The van der Waals surface area contributed by atoms with Crippen LogP contribution in [0.1, 0.15) is 113 Å². The number of esters is 1. The minimum Gasteiger partial charge on any atom is -0.465 e. The second kappa shape index (κ2) is 15.9. The van der Waals surface area contributed by atoms with Crippen LogP contribution >= 0.6 is 0 Å². The first-order valence-electron chi connectivity index (χ1n) is 12.0. The van der Waals surface area contributed by atoms with Gasteiger partial charge in [0.05, 0.1) is 18.1 Å².